The van der Waals surface area contributed by atoms with E-state index in [1.807, 2.05) is 12.1 Å². The van der Waals surface area contributed by atoms with E-state index in [1.54, 1.807) is 18.3 Å². The van der Waals surface area contributed by atoms with E-state index in [9.17, 15) is 14.4 Å². The lowest BCUT2D eigenvalue weighted by atomic mass is 9.86. The van der Waals surface area contributed by atoms with E-state index < -0.39 is 5.97 Å². The van der Waals surface area contributed by atoms with E-state index in [1.165, 1.54) is 22.8 Å². The van der Waals surface area contributed by atoms with E-state index in [0.717, 1.165) is 12.8 Å². The van der Waals surface area contributed by atoms with Gasteiger partial charge in [0, 0.05) is 12.2 Å². The number of amides is 1. The van der Waals surface area contributed by atoms with Crippen molar-refractivity contribution in [1.29, 1.82) is 0 Å². The maximum absolute atomic E-state index is 13.3. The summed E-state index contributed by atoms with van der Waals surface area (Å²) in [4.78, 5) is 42.1. The van der Waals surface area contributed by atoms with Gasteiger partial charge in [-0.1, -0.05) is 18.9 Å². The van der Waals surface area contributed by atoms with Gasteiger partial charge in [-0.2, -0.15) is 0 Å². The first-order chi connectivity index (χ1) is 15.5. The van der Waals surface area contributed by atoms with Crippen molar-refractivity contribution in [3.63, 3.8) is 0 Å². The number of carboxylic acid groups (broad SMARTS) is 1. The molecule has 1 aromatic carbocycles. The Labute approximate surface area is 185 Å². The highest BCUT2D eigenvalue weighted by Crippen LogP contribution is 2.34. The number of rotatable bonds is 4. The maximum atomic E-state index is 13.3. The molecule has 0 saturated heterocycles. The average molecular weight is 434 g/mol. The molecule has 2 saturated carbocycles. The summed E-state index contributed by atoms with van der Waals surface area (Å²) >= 11 is 0. The van der Waals surface area contributed by atoms with Gasteiger partial charge in [0.25, 0.3) is 11.5 Å². The number of benzene rings is 1. The normalized spacial score (nSPS) is 21.8. The summed E-state index contributed by atoms with van der Waals surface area (Å²) in [6, 6.07) is 9.23. The lowest BCUT2D eigenvalue weighted by molar-refractivity contribution is -0.142. The summed E-state index contributed by atoms with van der Waals surface area (Å²) in [6.07, 6.45) is 8.81. The Kier molecular flexibility index (Phi) is 5.41. The molecular formula is C25H27N3O4. The van der Waals surface area contributed by atoms with Gasteiger partial charge < -0.3 is 10.4 Å². The van der Waals surface area contributed by atoms with Crippen LogP contribution in [-0.2, 0) is 4.79 Å². The molecule has 2 fully saturated rings. The minimum Gasteiger partial charge on any atom is -0.481 e. The quantitative estimate of drug-likeness (QED) is 0.608. The van der Waals surface area contributed by atoms with E-state index in [4.69, 9.17) is 5.11 Å². The molecule has 3 aromatic rings. The molecule has 0 aliphatic heterocycles. The SMILES string of the molecule is O=C(NC1CCC(C(=O)O)CC1)c1cccn2c(=O)c3cc(C4CCCC4)ccc3nc12. The van der Waals surface area contributed by atoms with Gasteiger partial charge in [0.05, 0.1) is 22.4 Å². The molecule has 1 amide bonds. The maximum Gasteiger partial charge on any atom is 0.306 e. The zero-order valence-corrected chi connectivity index (χ0v) is 17.9. The van der Waals surface area contributed by atoms with Crippen LogP contribution < -0.4 is 10.9 Å². The number of fused-ring (bicyclic) bond motifs is 2. The van der Waals surface area contributed by atoms with Gasteiger partial charge in [-0.05, 0) is 74.3 Å². The number of nitrogens with zero attached hydrogens (tertiary/aromatic N) is 2. The number of hydrogen-bond donors (Lipinski definition) is 2. The second-order valence-corrected chi connectivity index (χ2v) is 9.15. The highest BCUT2D eigenvalue weighted by Gasteiger charge is 2.27. The Bertz CT molecular complexity index is 1250. The second kappa shape index (κ2) is 8.37. The third-order valence-electron chi connectivity index (χ3n) is 7.15. The highest BCUT2D eigenvalue weighted by atomic mass is 16.4. The van der Waals surface area contributed by atoms with Crippen molar-refractivity contribution < 1.29 is 14.7 Å². The number of aromatic nitrogens is 2. The van der Waals surface area contributed by atoms with E-state index in [-0.39, 0.29) is 23.4 Å². The standard InChI is InChI=1S/C25H27N3O4/c29-23(26-18-10-7-16(8-11-18)25(31)32)19-6-3-13-28-22(19)27-21-12-9-17(14-20(21)24(28)30)15-4-1-2-5-15/h3,6,9,12-16,18H,1-2,4-5,7-8,10-11H2,(H,26,29)(H,31,32). The van der Waals surface area contributed by atoms with Crippen molar-refractivity contribution in [3.05, 3.63) is 58.0 Å². The summed E-state index contributed by atoms with van der Waals surface area (Å²) in [5.41, 5.74) is 2.32. The molecule has 2 N–H and O–H groups in total. The van der Waals surface area contributed by atoms with Gasteiger partial charge in [0.15, 0.2) is 5.65 Å². The Morgan fingerprint density at radius 2 is 1.78 bits per heavy atom. The molecule has 5 rings (SSSR count). The fourth-order valence-electron chi connectivity index (χ4n) is 5.28. The third kappa shape index (κ3) is 3.76. The molecule has 0 spiro atoms. The van der Waals surface area contributed by atoms with Crippen molar-refractivity contribution in [3.8, 4) is 0 Å². The Morgan fingerprint density at radius 3 is 2.50 bits per heavy atom. The summed E-state index contributed by atoms with van der Waals surface area (Å²) in [7, 11) is 0. The van der Waals surface area contributed by atoms with E-state index in [0.29, 0.717) is 53.7 Å². The third-order valence-corrected chi connectivity index (χ3v) is 7.15. The first-order valence-electron chi connectivity index (χ1n) is 11.5. The zero-order chi connectivity index (χ0) is 22.2. The van der Waals surface area contributed by atoms with Crippen LogP contribution in [0.1, 0.15) is 73.2 Å². The average Bonchev–Trinajstić information content (AvgIpc) is 3.34. The molecule has 0 bridgehead atoms. The zero-order valence-electron chi connectivity index (χ0n) is 17.9. The van der Waals surface area contributed by atoms with Crippen LogP contribution in [0, 0.1) is 5.92 Å². The molecule has 2 aliphatic rings. The first kappa shape index (κ1) is 20.7. The molecule has 166 valence electrons. The van der Waals surface area contributed by atoms with Crippen molar-refractivity contribution in [2.75, 3.05) is 0 Å². The van der Waals surface area contributed by atoms with Crippen LogP contribution in [-0.4, -0.2) is 32.4 Å². The van der Waals surface area contributed by atoms with Gasteiger partial charge in [0.2, 0.25) is 0 Å². The Balaban J connectivity index is 1.46. The summed E-state index contributed by atoms with van der Waals surface area (Å²) in [6.45, 7) is 0. The molecule has 2 aliphatic carbocycles. The van der Waals surface area contributed by atoms with Crippen molar-refractivity contribution in [2.45, 2.75) is 63.3 Å². The fourth-order valence-corrected chi connectivity index (χ4v) is 5.28. The Morgan fingerprint density at radius 1 is 1.03 bits per heavy atom. The highest BCUT2D eigenvalue weighted by molar-refractivity contribution is 6.00. The van der Waals surface area contributed by atoms with Gasteiger partial charge in [-0.25, -0.2) is 4.98 Å². The summed E-state index contributed by atoms with van der Waals surface area (Å²) in [5, 5.41) is 12.8. The molecule has 7 nitrogen and oxygen atoms in total. The fraction of sp³-hybridized carbons (Fsp3) is 0.440. The predicted molar refractivity (Wildman–Crippen MR) is 121 cm³/mol. The van der Waals surface area contributed by atoms with Crippen LogP contribution in [0.5, 0.6) is 0 Å². The number of nitrogens with one attached hydrogen (secondary N) is 1. The van der Waals surface area contributed by atoms with Gasteiger partial charge in [0.1, 0.15) is 0 Å². The smallest absolute Gasteiger partial charge is 0.306 e. The molecule has 2 heterocycles. The van der Waals surface area contributed by atoms with Crippen LogP contribution in [0.4, 0.5) is 0 Å². The summed E-state index contributed by atoms with van der Waals surface area (Å²) < 4.78 is 1.46. The number of aliphatic carboxylic acids is 1. The molecule has 0 radical (unpaired) electrons. The van der Waals surface area contributed by atoms with E-state index >= 15 is 0 Å². The molecular weight excluding hydrogens is 406 g/mol. The number of carbonyl (C=O) groups is 2. The van der Waals surface area contributed by atoms with Crippen molar-refractivity contribution in [1.82, 2.24) is 14.7 Å². The second-order valence-electron chi connectivity index (χ2n) is 9.15. The number of hydrogen-bond acceptors (Lipinski definition) is 4. The molecule has 0 atom stereocenters. The van der Waals surface area contributed by atoms with Crippen LogP contribution >= 0.6 is 0 Å². The topological polar surface area (TPSA) is 101 Å². The largest absolute Gasteiger partial charge is 0.481 e. The van der Waals surface area contributed by atoms with Crippen molar-refractivity contribution in [2.24, 2.45) is 5.92 Å². The van der Waals surface area contributed by atoms with Crippen molar-refractivity contribution >= 4 is 28.4 Å². The monoisotopic (exact) mass is 433 g/mol. The first-order valence-corrected chi connectivity index (χ1v) is 11.5. The minimum absolute atomic E-state index is 0.0699. The predicted octanol–water partition coefficient (Wildman–Crippen LogP) is 3.88. The minimum atomic E-state index is -0.768. The van der Waals surface area contributed by atoms with Crippen LogP contribution in [0.2, 0.25) is 0 Å². The molecule has 32 heavy (non-hydrogen) atoms. The Hall–Kier alpha value is -3.22. The van der Waals surface area contributed by atoms with Gasteiger partial charge >= 0.3 is 5.97 Å². The molecule has 7 heteroatoms. The lowest BCUT2D eigenvalue weighted by Gasteiger charge is -2.26. The lowest BCUT2D eigenvalue weighted by Crippen LogP contribution is -2.39. The van der Waals surface area contributed by atoms with E-state index in [2.05, 4.69) is 16.4 Å². The number of pyridine rings is 1. The van der Waals surface area contributed by atoms with Crippen LogP contribution in [0.3, 0.4) is 0 Å². The number of carbonyl (C=O) groups excluding carboxylic acids is 1. The molecule has 2 aromatic heterocycles. The van der Waals surface area contributed by atoms with Gasteiger partial charge in [-0.15, -0.1) is 0 Å². The summed E-state index contributed by atoms with van der Waals surface area (Å²) in [5.74, 6) is -0.875. The van der Waals surface area contributed by atoms with Crippen LogP contribution in [0.15, 0.2) is 41.3 Å². The van der Waals surface area contributed by atoms with Gasteiger partial charge in [-0.3, -0.25) is 18.8 Å². The van der Waals surface area contributed by atoms with Crippen LogP contribution in [0.25, 0.3) is 16.6 Å². The number of carboxylic acids is 1. The molecule has 0 unspecified atom stereocenters.